The van der Waals surface area contributed by atoms with Crippen molar-refractivity contribution in [1.29, 1.82) is 0 Å². The summed E-state index contributed by atoms with van der Waals surface area (Å²) >= 11 is 0. The maximum atomic E-state index is 13.4. The van der Waals surface area contributed by atoms with Crippen molar-refractivity contribution in [3.63, 3.8) is 0 Å². The first-order valence-corrected chi connectivity index (χ1v) is 9.48. The van der Waals surface area contributed by atoms with Crippen LogP contribution >= 0.6 is 0 Å². The number of carbonyl (C=O) groups excluding carboxylic acids is 2. The Morgan fingerprint density at radius 1 is 1.07 bits per heavy atom. The first kappa shape index (κ1) is 19.9. The second-order valence-electron chi connectivity index (χ2n) is 7.81. The van der Waals surface area contributed by atoms with Crippen LogP contribution in [0.2, 0.25) is 0 Å². The average Bonchev–Trinajstić information content (AvgIpc) is 2.71. The minimum atomic E-state index is -0.337. The molecule has 1 aliphatic heterocycles. The van der Waals surface area contributed by atoms with Crippen LogP contribution < -0.4 is 9.64 Å². The van der Waals surface area contributed by atoms with Gasteiger partial charge in [-0.25, -0.2) is 0 Å². The zero-order chi connectivity index (χ0) is 20.5. The van der Waals surface area contributed by atoms with Crippen molar-refractivity contribution in [1.82, 2.24) is 0 Å². The van der Waals surface area contributed by atoms with Crippen molar-refractivity contribution in [3.8, 4) is 5.75 Å². The summed E-state index contributed by atoms with van der Waals surface area (Å²) in [6.07, 6.45) is 1.70. The largest absolute Gasteiger partial charge is 0.497 e. The maximum Gasteiger partial charge on any atom is 0.312 e. The van der Waals surface area contributed by atoms with Crippen LogP contribution in [0.3, 0.4) is 0 Å². The van der Waals surface area contributed by atoms with Gasteiger partial charge in [-0.05, 0) is 75.1 Å². The van der Waals surface area contributed by atoms with E-state index >= 15 is 0 Å². The molecular formula is C23H27NO4. The van der Waals surface area contributed by atoms with E-state index in [1.54, 1.807) is 31.4 Å². The molecule has 28 heavy (non-hydrogen) atoms. The number of rotatable bonds is 4. The molecular weight excluding hydrogens is 354 g/mol. The molecule has 0 saturated heterocycles. The summed E-state index contributed by atoms with van der Waals surface area (Å²) in [6.45, 7) is 6.01. The Balaban J connectivity index is 1.99. The summed E-state index contributed by atoms with van der Waals surface area (Å²) in [6, 6.07) is 13.1. The molecule has 0 spiro atoms. The third-order valence-electron chi connectivity index (χ3n) is 5.55. The van der Waals surface area contributed by atoms with Gasteiger partial charge in [0.1, 0.15) is 5.75 Å². The van der Waals surface area contributed by atoms with Gasteiger partial charge >= 0.3 is 5.97 Å². The molecule has 2 aromatic rings. The molecule has 0 aromatic heterocycles. The van der Waals surface area contributed by atoms with Crippen molar-refractivity contribution in [3.05, 3.63) is 59.2 Å². The van der Waals surface area contributed by atoms with Gasteiger partial charge in [0.2, 0.25) is 0 Å². The normalized spacial score (nSPS) is 16.1. The summed E-state index contributed by atoms with van der Waals surface area (Å²) in [4.78, 5) is 27.1. The second kappa shape index (κ2) is 7.66. The molecule has 148 valence electrons. The van der Waals surface area contributed by atoms with E-state index in [-0.39, 0.29) is 23.3 Å². The predicted molar refractivity (Wildman–Crippen MR) is 109 cm³/mol. The highest BCUT2D eigenvalue weighted by molar-refractivity contribution is 6.07. The minimum Gasteiger partial charge on any atom is -0.497 e. The van der Waals surface area contributed by atoms with Crippen molar-refractivity contribution in [2.24, 2.45) is 0 Å². The monoisotopic (exact) mass is 381 g/mol. The number of esters is 1. The molecule has 0 N–H and O–H groups in total. The number of aryl methyl sites for hydroxylation is 1. The molecule has 0 bridgehead atoms. The molecule has 0 fully saturated rings. The standard InChI is InChI=1S/C23H27NO4/c1-15(22(26)28-5)17-8-11-20-18(14-17)12-13-23(2,3)24(20)21(25)16-6-9-19(27-4)10-7-16/h6-11,14-15H,12-13H2,1-5H3. The summed E-state index contributed by atoms with van der Waals surface area (Å²) in [5.74, 6) is 0.0805. The van der Waals surface area contributed by atoms with Gasteiger partial charge in [0.05, 0.1) is 20.1 Å². The third kappa shape index (κ3) is 3.61. The molecule has 1 amide bonds. The Bertz CT molecular complexity index is 886. The first-order valence-electron chi connectivity index (χ1n) is 9.48. The van der Waals surface area contributed by atoms with Crippen LogP contribution in [-0.2, 0) is 16.0 Å². The van der Waals surface area contributed by atoms with Gasteiger partial charge in [0, 0.05) is 16.8 Å². The summed E-state index contributed by atoms with van der Waals surface area (Å²) in [5, 5.41) is 0. The van der Waals surface area contributed by atoms with E-state index in [1.165, 1.54) is 7.11 Å². The molecule has 0 radical (unpaired) electrons. The first-order chi connectivity index (χ1) is 13.3. The lowest BCUT2D eigenvalue weighted by Gasteiger charge is -2.43. The van der Waals surface area contributed by atoms with Crippen LogP contribution in [0.1, 0.15) is 54.6 Å². The Morgan fingerprint density at radius 3 is 2.36 bits per heavy atom. The number of ether oxygens (including phenoxy) is 2. The fourth-order valence-corrected chi connectivity index (χ4v) is 3.73. The summed E-state index contributed by atoms with van der Waals surface area (Å²) < 4.78 is 10.1. The van der Waals surface area contributed by atoms with Crippen LogP contribution in [0.5, 0.6) is 5.75 Å². The number of hydrogen-bond donors (Lipinski definition) is 0. The molecule has 1 aliphatic rings. The van der Waals surface area contributed by atoms with Gasteiger partial charge in [0.25, 0.3) is 5.91 Å². The fourth-order valence-electron chi connectivity index (χ4n) is 3.73. The minimum absolute atomic E-state index is 0.0395. The van der Waals surface area contributed by atoms with E-state index in [1.807, 2.05) is 30.0 Å². The SMILES string of the molecule is COC(=O)C(C)c1ccc2c(c1)CCC(C)(C)N2C(=O)c1ccc(OC)cc1. The summed E-state index contributed by atoms with van der Waals surface area (Å²) in [7, 11) is 3.00. The molecule has 5 nitrogen and oxygen atoms in total. The van der Waals surface area contributed by atoms with E-state index < -0.39 is 0 Å². The van der Waals surface area contributed by atoms with Crippen molar-refractivity contribution in [2.45, 2.75) is 45.1 Å². The Labute approximate surface area is 166 Å². The number of carbonyl (C=O) groups is 2. The zero-order valence-corrected chi connectivity index (χ0v) is 17.1. The van der Waals surface area contributed by atoms with Crippen LogP contribution in [0.4, 0.5) is 5.69 Å². The maximum absolute atomic E-state index is 13.4. The van der Waals surface area contributed by atoms with Crippen LogP contribution in [0.25, 0.3) is 0 Å². The topological polar surface area (TPSA) is 55.8 Å². The highest BCUT2D eigenvalue weighted by atomic mass is 16.5. The lowest BCUT2D eigenvalue weighted by molar-refractivity contribution is -0.141. The van der Waals surface area contributed by atoms with Gasteiger partial charge < -0.3 is 14.4 Å². The van der Waals surface area contributed by atoms with E-state index in [4.69, 9.17) is 9.47 Å². The zero-order valence-electron chi connectivity index (χ0n) is 17.1. The van der Waals surface area contributed by atoms with Gasteiger partial charge in [-0.3, -0.25) is 9.59 Å². The number of benzene rings is 2. The molecule has 0 saturated carbocycles. The Kier molecular flexibility index (Phi) is 5.45. The molecule has 1 unspecified atom stereocenters. The number of fused-ring (bicyclic) bond motifs is 1. The Hall–Kier alpha value is -2.82. The second-order valence-corrected chi connectivity index (χ2v) is 7.81. The fraction of sp³-hybridized carbons (Fsp3) is 0.391. The number of methoxy groups -OCH3 is 2. The van der Waals surface area contributed by atoms with Gasteiger partial charge in [-0.1, -0.05) is 12.1 Å². The van der Waals surface area contributed by atoms with E-state index in [2.05, 4.69) is 13.8 Å². The highest BCUT2D eigenvalue weighted by Crippen LogP contribution is 2.39. The van der Waals surface area contributed by atoms with Gasteiger partial charge in [-0.15, -0.1) is 0 Å². The number of anilines is 1. The predicted octanol–water partition coefficient (Wildman–Crippen LogP) is 4.34. The van der Waals surface area contributed by atoms with Crippen molar-refractivity contribution < 1.29 is 19.1 Å². The average molecular weight is 381 g/mol. The molecule has 3 rings (SSSR count). The quantitative estimate of drug-likeness (QED) is 0.739. The third-order valence-corrected chi connectivity index (χ3v) is 5.55. The van der Waals surface area contributed by atoms with Crippen LogP contribution in [0, 0.1) is 0 Å². The lowest BCUT2D eigenvalue weighted by Crippen LogP contribution is -2.51. The van der Waals surface area contributed by atoms with Gasteiger partial charge in [0.15, 0.2) is 0 Å². The summed E-state index contributed by atoms with van der Waals surface area (Å²) in [5.41, 5.74) is 3.20. The molecule has 0 aliphatic carbocycles. The van der Waals surface area contributed by atoms with Crippen LogP contribution in [-0.4, -0.2) is 31.6 Å². The number of amides is 1. The van der Waals surface area contributed by atoms with E-state index in [0.29, 0.717) is 5.56 Å². The van der Waals surface area contributed by atoms with Crippen molar-refractivity contribution in [2.75, 3.05) is 19.1 Å². The van der Waals surface area contributed by atoms with Crippen LogP contribution in [0.15, 0.2) is 42.5 Å². The highest BCUT2D eigenvalue weighted by Gasteiger charge is 2.37. The van der Waals surface area contributed by atoms with E-state index in [9.17, 15) is 9.59 Å². The molecule has 5 heteroatoms. The number of nitrogens with zero attached hydrogens (tertiary/aromatic N) is 1. The van der Waals surface area contributed by atoms with E-state index in [0.717, 1.165) is 35.4 Å². The smallest absolute Gasteiger partial charge is 0.312 e. The Morgan fingerprint density at radius 2 is 1.75 bits per heavy atom. The lowest BCUT2D eigenvalue weighted by atomic mass is 9.84. The van der Waals surface area contributed by atoms with Gasteiger partial charge in [-0.2, -0.15) is 0 Å². The number of hydrogen-bond acceptors (Lipinski definition) is 4. The molecule has 1 heterocycles. The molecule has 2 aromatic carbocycles. The van der Waals surface area contributed by atoms with Crippen molar-refractivity contribution >= 4 is 17.6 Å². The molecule has 1 atom stereocenters.